The van der Waals surface area contributed by atoms with E-state index in [1.54, 1.807) is 6.92 Å². The summed E-state index contributed by atoms with van der Waals surface area (Å²) in [5.74, 6) is 6.67. The molecule has 0 radical (unpaired) electrons. The second-order valence-electron chi connectivity index (χ2n) is 32.4. The molecular weight excluding hydrogens is 1210 g/mol. The number of allylic oxidation sites excluding steroid dienone is 1. The van der Waals surface area contributed by atoms with Crippen LogP contribution in [0, 0.1) is 68.0 Å². The van der Waals surface area contributed by atoms with Crippen LogP contribution in [-0.4, -0.2) is 102 Å². The third-order valence-electron chi connectivity index (χ3n) is 24.9. The number of benzene rings is 1. The highest BCUT2D eigenvalue weighted by Gasteiger charge is 2.57. The summed E-state index contributed by atoms with van der Waals surface area (Å²) in [6.45, 7) is 4.68. The number of hydrogen-bond donors (Lipinski definition) is 4. The second kappa shape index (κ2) is 37.2. The predicted octanol–water partition coefficient (Wildman–Crippen LogP) is 17.4. The maximum atomic E-state index is 11.8. The van der Waals surface area contributed by atoms with Crippen molar-refractivity contribution in [3.8, 4) is 17.6 Å². The molecule has 13 aliphatic carbocycles. The molecule has 0 amide bonds. The van der Waals surface area contributed by atoms with Crippen LogP contribution in [0.25, 0.3) is 0 Å². The standard InChI is InChI=1S/C22H28O3.C13H20O4.C11H18O3.C10H18O.C10H16O.C9H14O.C7H12O/c1-2-5-19(14-21(23)24)18-7-9-20(10-8-18)25-16-17-6-3-4-11-22(15-17)12-13-22;1-9(14)17-11-10(12(15)16-2)5-3-4-6-13(11)7-8-13;1-14-10(13)8-4-2-3-5-11(6-7-11)9(8)12;2*11-8-9-3-1-2-4-10(7-9)5-6-10;10-8-4-2-1-3-5-9(8)6-7-9;8-7-5-3-1-2-4-6-7/h7-10,17,19H,3-4,6,11-16H2,1H3,(H,23,24);10-11H,3-8H2,1-2H3;8-9,12H,2-7H2,1H3;9,11H,1-8H2;7,11H,1-6,8H2;1-7H2;1-6H2/t17?,19-;;;;;;/m0....../s1. The fourth-order valence-corrected chi connectivity index (χ4v) is 17.6. The van der Waals surface area contributed by atoms with E-state index in [0.29, 0.717) is 47.4 Å². The summed E-state index contributed by atoms with van der Waals surface area (Å²) < 4.78 is 21.1. The van der Waals surface area contributed by atoms with Gasteiger partial charge in [-0.25, -0.2) is 0 Å². The number of hydrogen-bond acceptors (Lipinski definition) is 13. The van der Waals surface area contributed by atoms with Crippen LogP contribution in [0.15, 0.2) is 35.9 Å². The van der Waals surface area contributed by atoms with Crippen LogP contribution in [0.5, 0.6) is 5.75 Å². The van der Waals surface area contributed by atoms with Crippen molar-refractivity contribution < 1.29 is 68.1 Å². The van der Waals surface area contributed by atoms with Gasteiger partial charge in [-0.3, -0.25) is 28.8 Å². The quantitative estimate of drug-likeness (QED) is 0.0532. The Morgan fingerprint density at radius 3 is 1.62 bits per heavy atom. The first-order valence-electron chi connectivity index (χ1n) is 38.7. The summed E-state index contributed by atoms with van der Waals surface area (Å²) in [5.41, 5.74) is 4.57. The largest absolute Gasteiger partial charge is 0.493 e. The molecule has 14 rings (SSSR count). The Hall–Kier alpha value is -4.58. The minimum atomic E-state index is -0.824. The number of aliphatic carboxylic acids is 1. The highest BCUT2D eigenvalue weighted by atomic mass is 16.6. The molecule has 0 aromatic heterocycles. The van der Waals surface area contributed by atoms with Gasteiger partial charge in [-0.1, -0.05) is 108 Å². The van der Waals surface area contributed by atoms with Crippen LogP contribution in [0.2, 0.25) is 0 Å². The number of carboxylic acids is 1. The Balaban J connectivity index is 0.000000148. The second-order valence-corrected chi connectivity index (χ2v) is 32.4. The topological polar surface area (TPSA) is 220 Å². The summed E-state index contributed by atoms with van der Waals surface area (Å²) in [5, 5.41) is 37.3. The lowest BCUT2D eigenvalue weighted by Gasteiger charge is -2.29. The van der Waals surface area contributed by atoms with Crippen molar-refractivity contribution in [2.24, 2.45) is 56.2 Å². The molecule has 1 aromatic carbocycles. The molecule has 6 unspecified atom stereocenters. The van der Waals surface area contributed by atoms with Gasteiger partial charge < -0.3 is 39.4 Å². The van der Waals surface area contributed by atoms with E-state index in [-0.39, 0.29) is 64.4 Å². The Labute approximate surface area is 577 Å². The molecule has 14 heteroatoms. The van der Waals surface area contributed by atoms with Crippen LogP contribution in [-0.2, 0) is 43.0 Å². The third kappa shape index (κ3) is 24.1. The lowest BCUT2D eigenvalue weighted by molar-refractivity contribution is -0.164. The van der Waals surface area contributed by atoms with Gasteiger partial charge in [-0.2, -0.15) is 0 Å². The SMILES string of the molecule is CC#C[C@@H](CC(=O)O)c1ccc(OCC2CCCCC3(CC3)C2)cc1.COC(=O)C1CCCCC2(CC2)C1O.COC(=O)C1CCCCC2(CC2)C1OC(C)=O.O=C1CCCCCC1.O=C1CCCCCC12CC2.OCC1=CC2(CCCC1)CC2.OCC1CCCCC2(CC2)C1. The summed E-state index contributed by atoms with van der Waals surface area (Å²) in [4.78, 5) is 67.6. The van der Waals surface area contributed by atoms with Crippen LogP contribution < -0.4 is 4.74 Å². The first-order valence-corrected chi connectivity index (χ1v) is 38.7. The molecule has 12 saturated carbocycles. The van der Waals surface area contributed by atoms with E-state index in [0.717, 1.165) is 145 Å². The molecule has 0 saturated heterocycles. The molecule has 538 valence electrons. The van der Waals surface area contributed by atoms with Crippen molar-refractivity contribution in [2.45, 2.75) is 327 Å². The number of aliphatic hydroxyl groups excluding tert-OH is 3. The first kappa shape index (κ1) is 77.2. The molecule has 96 heavy (non-hydrogen) atoms. The van der Waals surface area contributed by atoms with Crippen LogP contribution in [0.3, 0.4) is 0 Å². The highest BCUT2D eigenvalue weighted by molar-refractivity contribution is 5.87. The average Bonchev–Trinajstić information content (AvgIpc) is 1.62. The van der Waals surface area contributed by atoms with Crippen LogP contribution in [0.4, 0.5) is 0 Å². The highest BCUT2D eigenvalue weighted by Crippen LogP contribution is 2.60. The van der Waals surface area contributed by atoms with Gasteiger partial charge in [0.2, 0.25) is 0 Å². The first-order chi connectivity index (χ1) is 46.3. The van der Waals surface area contributed by atoms with E-state index in [1.165, 1.54) is 194 Å². The van der Waals surface area contributed by atoms with Crippen molar-refractivity contribution in [2.75, 3.05) is 34.0 Å². The number of methoxy groups -OCH3 is 2. The van der Waals surface area contributed by atoms with Gasteiger partial charge in [0.05, 0.1) is 57.7 Å². The molecular formula is C82H126O14. The van der Waals surface area contributed by atoms with Crippen LogP contribution in [0.1, 0.15) is 321 Å². The minimum absolute atomic E-state index is 0.0329. The molecule has 7 atom stereocenters. The van der Waals surface area contributed by atoms with Crippen molar-refractivity contribution in [3.63, 3.8) is 0 Å². The summed E-state index contributed by atoms with van der Waals surface area (Å²) in [7, 11) is 2.80. The maximum absolute atomic E-state index is 11.8. The zero-order valence-corrected chi connectivity index (χ0v) is 59.9. The van der Waals surface area contributed by atoms with Gasteiger partial charge in [0.1, 0.15) is 23.4 Å². The number of carboxylic acid groups (broad SMARTS) is 1. The molecule has 0 bridgehead atoms. The van der Waals surface area contributed by atoms with E-state index in [2.05, 4.69) is 17.9 Å². The van der Waals surface area contributed by atoms with Crippen LogP contribution >= 0.6 is 0 Å². The lowest BCUT2D eigenvalue weighted by Crippen LogP contribution is -2.38. The molecule has 0 aliphatic heterocycles. The smallest absolute Gasteiger partial charge is 0.312 e. The maximum Gasteiger partial charge on any atom is 0.312 e. The molecule has 6 spiro atoms. The van der Waals surface area contributed by atoms with E-state index in [9.17, 15) is 33.9 Å². The molecule has 13 aliphatic rings. The number of carbonyl (C=O) groups is 6. The molecule has 1 aromatic rings. The van der Waals surface area contributed by atoms with Crippen molar-refractivity contribution in [1.29, 1.82) is 0 Å². The van der Waals surface area contributed by atoms with E-state index >= 15 is 0 Å². The lowest BCUT2D eigenvalue weighted by atomic mass is 9.86. The number of ether oxygens (including phenoxy) is 4. The Bertz CT molecular complexity index is 2720. The molecule has 12 fully saturated rings. The molecule has 0 heterocycles. The van der Waals surface area contributed by atoms with Crippen molar-refractivity contribution in [3.05, 3.63) is 41.5 Å². The number of rotatable bonds is 11. The number of esters is 3. The zero-order valence-electron chi connectivity index (χ0n) is 59.9. The predicted molar refractivity (Wildman–Crippen MR) is 375 cm³/mol. The number of Topliss-reactive ketones (excluding diaryl/α,β-unsaturated/α-hetero) is 2. The van der Waals surface area contributed by atoms with Gasteiger partial charge in [0.15, 0.2) is 0 Å². The van der Waals surface area contributed by atoms with Gasteiger partial charge in [-0.05, 0) is 250 Å². The van der Waals surface area contributed by atoms with Gasteiger partial charge >= 0.3 is 23.9 Å². The fraction of sp³-hybridized carbons (Fsp3) is 0.805. The van der Waals surface area contributed by atoms with Gasteiger partial charge in [0.25, 0.3) is 0 Å². The minimum Gasteiger partial charge on any atom is -0.493 e. The summed E-state index contributed by atoms with van der Waals surface area (Å²) in [6.07, 6.45) is 55.9. The zero-order chi connectivity index (χ0) is 68.7. The summed E-state index contributed by atoms with van der Waals surface area (Å²) in [6, 6.07) is 7.79. The molecule has 4 N–H and O–H groups in total. The average molecular weight is 1340 g/mol. The number of aliphatic hydroxyl groups is 3. The Morgan fingerprint density at radius 1 is 0.562 bits per heavy atom. The summed E-state index contributed by atoms with van der Waals surface area (Å²) >= 11 is 0. The fourth-order valence-electron chi connectivity index (χ4n) is 17.6. The van der Waals surface area contributed by atoms with E-state index < -0.39 is 12.1 Å². The third-order valence-corrected chi connectivity index (χ3v) is 24.9. The monoisotopic (exact) mass is 1330 g/mol. The normalized spacial score (nSPS) is 28.6. The van der Waals surface area contributed by atoms with E-state index in [4.69, 9.17) is 34.3 Å². The number of carbonyl (C=O) groups excluding carboxylic acids is 5. The Morgan fingerprint density at radius 2 is 1.08 bits per heavy atom. The van der Waals surface area contributed by atoms with E-state index in [1.807, 2.05) is 24.3 Å². The Kier molecular flexibility index (Phi) is 29.9. The van der Waals surface area contributed by atoms with Crippen molar-refractivity contribution in [1.82, 2.24) is 0 Å². The van der Waals surface area contributed by atoms with Gasteiger partial charge in [-0.15, -0.1) is 5.92 Å². The number of ketones is 2. The van der Waals surface area contributed by atoms with Crippen molar-refractivity contribution >= 4 is 35.4 Å². The molecule has 14 nitrogen and oxygen atoms in total. The van der Waals surface area contributed by atoms with Gasteiger partial charge in [0, 0.05) is 43.6 Å².